The third kappa shape index (κ3) is 5.67. The zero-order valence-electron chi connectivity index (χ0n) is 16.9. The van der Waals surface area contributed by atoms with Crippen molar-refractivity contribution < 1.29 is 4.79 Å². The maximum atomic E-state index is 12.6. The Morgan fingerprint density at radius 2 is 1.61 bits per heavy atom. The Kier molecular flexibility index (Phi) is 7.27. The molecule has 0 saturated heterocycles. The van der Waals surface area contributed by atoms with Gasteiger partial charge in [0, 0.05) is 20.6 Å². The fourth-order valence-electron chi connectivity index (χ4n) is 2.96. The molecule has 1 heterocycles. The van der Waals surface area contributed by atoms with Crippen molar-refractivity contribution in [2.75, 3.05) is 5.75 Å². The van der Waals surface area contributed by atoms with Gasteiger partial charge in [-0.3, -0.25) is 9.36 Å². The highest BCUT2D eigenvalue weighted by molar-refractivity contribution is 9.10. The third-order valence-corrected chi connectivity index (χ3v) is 7.07. The SMILES string of the molecule is Cc1ccc(SCc2nnc(SCC(=O)c3ccc(Br)cc3)n2-c2ccccc2)cc1. The van der Waals surface area contributed by atoms with Gasteiger partial charge in [-0.15, -0.1) is 22.0 Å². The van der Waals surface area contributed by atoms with Crippen LogP contribution in [-0.2, 0) is 5.75 Å². The van der Waals surface area contributed by atoms with E-state index < -0.39 is 0 Å². The molecule has 0 saturated carbocycles. The number of aryl methyl sites for hydroxylation is 1. The van der Waals surface area contributed by atoms with Gasteiger partial charge < -0.3 is 0 Å². The number of thioether (sulfide) groups is 2. The first-order valence-electron chi connectivity index (χ1n) is 9.71. The molecule has 0 fully saturated rings. The second-order valence-corrected chi connectivity index (χ2v) is 9.80. The summed E-state index contributed by atoms with van der Waals surface area (Å²) in [4.78, 5) is 13.8. The molecule has 3 aromatic carbocycles. The summed E-state index contributed by atoms with van der Waals surface area (Å²) in [6, 6.07) is 25.9. The molecule has 0 spiro atoms. The van der Waals surface area contributed by atoms with Crippen LogP contribution in [0.25, 0.3) is 5.69 Å². The normalized spacial score (nSPS) is 10.9. The molecule has 0 aliphatic heterocycles. The minimum Gasteiger partial charge on any atom is -0.293 e. The second-order valence-electron chi connectivity index (χ2n) is 6.89. The number of carbonyl (C=O) groups excluding carboxylic acids is 1. The van der Waals surface area contributed by atoms with Gasteiger partial charge in [-0.1, -0.05) is 75.7 Å². The average Bonchev–Trinajstić information content (AvgIpc) is 3.21. The minimum atomic E-state index is 0.0655. The van der Waals surface area contributed by atoms with Crippen LogP contribution in [0.1, 0.15) is 21.7 Å². The first-order valence-corrected chi connectivity index (χ1v) is 12.5. The van der Waals surface area contributed by atoms with Crippen LogP contribution in [0.2, 0.25) is 0 Å². The zero-order valence-corrected chi connectivity index (χ0v) is 20.1. The first kappa shape index (κ1) is 21.9. The van der Waals surface area contributed by atoms with Gasteiger partial charge in [0.25, 0.3) is 0 Å². The Bertz CT molecular complexity index is 1160. The molecule has 4 aromatic rings. The lowest BCUT2D eigenvalue weighted by Gasteiger charge is -2.10. The number of benzene rings is 3. The highest BCUT2D eigenvalue weighted by Gasteiger charge is 2.16. The van der Waals surface area contributed by atoms with Gasteiger partial charge >= 0.3 is 0 Å². The molecular weight excluding hydrogens is 490 g/mol. The van der Waals surface area contributed by atoms with Crippen LogP contribution in [0.5, 0.6) is 0 Å². The molecular formula is C24H20BrN3OS2. The number of carbonyl (C=O) groups is 1. The fraction of sp³-hybridized carbons (Fsp3) is 0.125. The van der Waals surface area contributed by atoms with Gasteiger partial charge in [0.15, 0.2) is 10.9 Å². The lowest BCUT2D eigenvalue weighted by Crippen LogP contribution is -2.05. The van der Waals surface area contributed by atoms with Gasteiger partial charge in [0.05, 0.1) is 11.5 Å². The summed E-state index contributed by atoms with van der Waals surface area (Å²) < 4.78 is 3.00. The molecule has 0 aliphatic rings. The summed E-state index contributed by atoms with van der Waals surface area (Å²) in [7, 11) is 0. The number of rotatable bonds is 8. The fourth-order valence-corrected chi connectivity index (χ4v) is 4.90. The van der Waals surface area contributed by atoms with E-state index in [-0.39, 0.29) is 5.78 Å². The van der Waals surface area contributed by atoms with Crippen LogP contribution < -0.4 is 0 Å². The van der Waals surface area contributed by atoms with E-state index in [0.717, 1.165) is 21.1 Å². The molecule has 4 nitrogen and oxygen atoms in total. The maximum absolute atomic E-state index is 12.6. The molecule has 0 unspecified atom stereocenters. The molecule has 31 heavy (non-hydrogen) atoms. The van der Waals surface area contributed by atoms with Crippen LogP contribution in [0.15, 0.2) is 93.4 Å². The topological polar surface area (TPSA) is 47.8 Å². The van der Waals surface area contributed by atoms with Crippen molar-refractivity contribution >= 4 is 45.2 Å². The third-order valence-electron chi connectivity index (χ3n) is 4.60. The summed E-state index contributed by atoms with van der Waals surface area (Å²) in [5.74, 6) is 1.91. The largest absolute Gasteiger partial charge is 0.293 e. The summed E-state index contributed by atoms with van der Waals surface area (Å²) >= 11 is 6.54. The summed E-state index contributed by atoms with van der Waals surface area (Å²) in [6.07, 6.45) is 0. The van der Waals surface area contributed by atoms with Gasteiger partial charge in [0.1, 0.15) is 5.82 Å². The van der Waals surface area contributed by atoms with Crippen LogP contribution in [0.3, 0.4) is 0 Å². The van der Waals surface area contributed by atoms with Crippen LogP contribution >= 0.6 is 39.5 Å². The highest BCUT2D eigenvalue weighted by Crippen LogP contribution is 2.28. The van der Waals surface area contributed by atoms with Crippen molar-refractivity contribution in [3.05, 3.63) is 100 Å². The summed E-state index contributed by atoms with van der Waals surface area (Å²) in [6.45, 7) is 2.08. The zero-order chi connectivity index (χ0) is 21.6. The molecule has 0 bridgehead atoms. The quantitative estimate of drug-likeness (QED) is 0.197. The van der Waals surface area contributed by atoms with E-state index in [4.69, 9.17) is 0 Å². The Balaban J connectivity index is 1.53. The van der Waals surface area contributed by atoms with Crippen LogP contribution in [0.4, 0.5) is 0 Å². The number of nitrogens with zero attached hydrogens (tertiary/aromatic N) is 3. The van der Waals surface area contributed by atoms with Gasteiger partial charge in [0.2, 0.25) is 0 Å². The van der Waals surface area contributed by atoms with Crippen molar-refractivity contribution in [3.8, 4) is 5.69 Å². The molecule has 0 aliphatic carbocycles. The van der Waals surface area contributed by atoms with E-state index in [1.54, 1.807) is 11.8 Å². The van der Waals surface area contributed by atoms with E-state index in [1.165, 1.54) is 22.2 Å². The van der Waals surface area contributed by atoms with E-state index in [9.17, 15) is 4.79 Å². The number of ketones is 1. The molecule has 156 valence electrons. The summed E-state index contributed by atoms with van der Waals surface area (Å²) in [5.41, 5.74) is 2.92. The number of aromatic nitrogens is 3. The standard InChI is InChI=1S/C24H20BrN3OS2/c1-17-7-13-21(14-8-17)30-16-23-26-27-24(28(23)20-5-3-2-4-6-20)31-15-22(29)18-9-11-19(25)12-10-18/h2-14H,15-16H2,1H3. The smallest absolute Gasteiger partial charge is 0.196 e. The Labute approximate surface area is 198 Å². The van der Waals surface area contributed by atoms with E-state index >= 15 is 0 Å². The van der Waals surface area contributed by atoms with E-state index in [2.05, 4.69) is 57.3 Å². The average molecular weight is 510 g/mol. The predicted octanol–water partition coefficient (Wildman–Crippen LogP) is 6.61. The molecule has 0 radical (unpaired) electrons. The number of halogens is 1. The van der Waals surface area contributed by atoms with Crippen LogP contribution in [0, 0.1) is 6.92 Å². The number of para-hydroxylation sites is 1. The van der Waals surface area contributed by atoms with Crippen LogP contribution in [-0.4, -0.2) is 26.3 Å². The van der Waals surface area contributed by atoms with Crippen molar-refractivity contribution in [3.63, 3.8) is 0 Å². The molecule has 1 aromatic heterocycles. The number of Topliss-reactive ketones (excluding diaryl/α,β-unsaturated/α-hetero) is 1. The summed E-state index contributed by atoms with van der Waals surface area (Å²) in [5, 5.41) is 9.56. The number of hydrogen-bond donors (Lipinski definition) is 0. The number of hydrogen-bond acceptors (Lipinski definition) is 5. The lowest BCUT2D eigenvalue weighted by molar-refractivity contribution is 0.102. The highest BCUT2D eigenvalue weighted by atomic mass is 79.9. The molecule has 7 heteroatoms. The van der Waals surface area contributed by atoms with Crippen molar-refractivity contribution in [2.24, 2.45) is 0 Å². The van der Waals surface area contributed by atoms with Crippen molar-refractivity contribution in [1.29, 1.82) is 0 Å². The lowest BCUT2D eigenvalue weighted by atomic mass is 10.2. The Morgan fingerprint density at radius 1 is 0.903 bits per heavy atom. The predicted molar refractivity (Wildman–Crippen MR) is 131 cm³/mol. The monoisotopic (exact) mass is 509 g/mol. The van der Waals surface area contributed by atoms with Crippen molar-refractivity contribution in [2.45, 2.75) is 22.7 Å². The maximum Gasteiger partial charge on any atom is 0.196 e. The first-order chi connectivity index (χ1) is 15.1. The molecule has 4 rings (SSSR count). The second kappa shape index (κ2) is 10.3. The van der Waals surface area contributed by atoms with Gasteiger partial charge in [-0.2, -0.15) is 0 Å². The Morgan fingerprint density at radius 3 is 2.32 bits per heavy atom. The molecule has 0 amide bonds. The van der Waals surface area contributed by atoms with Gasteiger partial charge in [-0.25, -0.2) is 0 Å². The Hall–Kier alpha value is -2.35. The van der Waals surface area contributed by atoms with Crippen molar-refractivity contribution in [1.82, 2.24) is 14.8 Å². The molecule has 0 atom stereocenters. The van der Waals surface area contributed by atoms with Gasteiger partial charge in [-0.05, 0) is 43.3 Å². The minimum absolute atomic E-state index is 0.0655. The molecule has 0 N–H and O–H groups in total. The van der Waals surface area contributed by atoms with E-state index in [0.29, 0.717) is 17.1 Å². The van der Waals surface area contributed by atoms with E-state index in [1.807, 2.05) is 59.2 Å².